The van der Waals surface area contributed by atoms with Crippen LogP contribution in [0.5, 0.6) is 0 Å². The quantitative estimate of drug-likeness (QED) is 0.606. The van der Waals surface area contributed by atoms with Gasteiger partial charge in [0.2, 0.25) is 0 Å². The van der Waals surface area contributed by atoms with E-state index in [0.717, 1.165) is 5.56 Å². The fourth-order valence-corrected chi connectivity index (χ4v) is 1.19. The van der Waals surface area contributed by atoms with Crippen molar-refractivity contribution >= 4 is 11.7 Å². The number of carbonyl (C=O) groups is 1. The molecule has 1 N–H and O–H groups in total. The Balaban J connectivity index is 2.53. The summed E-state index contributed by atoms with van der Waals surface area (Å²) in [5, 5.41) is 7.70. The van der Waals surface area contributed by atoms with Crippen molar-refractivity contribution in [2.75, 3.05) is 0 Å². The monoisotopic (exact) mass is 205 g/mol. The maximum atomic E-state index is 11.3. The van der Waals surface area contributed by atoms with Crippen molar-refractivity contribution in [3.05, 3.63) is 35.9 Å². The molecule has 0 bridgehead atoms. The zero-order chi connectivity index (χ0) is 11.3. The lowest BCUT2D eigenvalue weighted by molar-refractivity contribution is -0.145. The molecule has 0 amide bonds. The van der Waals surface area contributed by atoms with E-state index in [-0.39, 0.29) is 18.5 Å². The van der Waals surface area contributed by atoms with Crippen molar-refractivity contribution in [1.29, 1.82) is 5.41 Å². The molecule has 0 atom stereocenters. The Morgan fingerprint density at radius 1 is 1.33 bits per heavy atom. The Labute approximate surface area is 89.6 Å². The van der Waals surface area contributed by atoms with Gasteiger partial charge in [-0.3, -0.25) is 4.79 Å². The number of benzene rings is 1. The van der Waals surface area contributed by atoms with Gasteiger partial charge in [0.05, 0.1) is 12.5 Å². The average Bonchev–Trinajstić information content (AvgIpc) is 2.17. The molecule has 80 valence electrons. The second-order valence-electron chi connectivity index (χ2n) is 3.56. The van der Waals surface area contributed by atoms with Crippen LogP contribution in [0.2, 0.25) is 0 Å². The summed E-state index contributed by atoms with van der Waals surface area (Å²) >= 11 is 0. The molecule has 0 aromatic heterocycles. The summed E-state index contributed by atoms with van der Waals surface area (Å²) in [7, 11) is 0. The van der Waals surface area contributed by atoms with Gasteiger partial charge in [0, 0.05) is 5.71 Å². The molecule has 0 aliphatic carbocycles. The normalized spacial score (nSPS) is 10.1. The first kappa shape index (κ1) is 11.4. The van der Waals surface area contributed by atoms with Crippen molar-refractivity contribution in [3.63, 3.8) is 0 Å². The highest BCUT2D eigenvalue weighted by Gasteiger charge is 2.10. The van der Waals surface area contributed by atoms with Gasteiger partial charge in [0.25, 0.3) is 0 Å². The second-order valence-corrected chi connectivity index (χ2v) is 3.56. The fourth-order valence-electron chi connectivity index (χ4n) is 1.19. The van der Waals surface area contributed by atoms with Gasteiger partial charge in [0.1, 0.15) is 0 Å². The first-order valence-corrected chi connectivity index (χ1v) is 4.92. The van der Waals surface area contributed by atoms with Gasteiger partial charge >= 0.3 is 5.97 Å². The van der Waals surface area contributed by atoms with Crippen LogP contribution in [0.25, 0.3) is 0 Å². The maximum absolute atomic E-state index is 11.3. The molecule has 0 saturated heterocycles. The standard InChI is InChI=1S/C12H15NO2/c1-9(2)15-12(14)8-11(13)10-6-4-3-5-7-10/h3-7,9,13H,8H2,1-2H3. The van der Waals surface area contributed by atoms with Crippen molar-refractivity contribution in [2.24, 2.45) is 0 Å². The highest BCUT2D eigenvalue weighted by atomic mass is 16.5. The van der Waals surface area contributed by atoms with Gasteiger partial charge in [-0.25, -0.2) is 0 Å². The maximum Gasteiger partial charge on any atom is 0.312 e. The van der Waals surface area contributed by atoms with Crippen LogP contribution in [0.15, 0.2) is 30.3 Å². The number of hydrogen-bond donors (Lipinski definition) is 1. The molecule has 1 aromatic carbocycles. The third-order valence-corrected chi connectivity index (χ3v) is 1.81. The number of nitrogens with one attached hydrogen (secondary N) is 1. The molecule has 0 spiro atoms. The lowest BCUT2D eigenvalue weighted by atomic mass is 10.1. The number of ether oxygens (including phenoxy) is 1. The lowest BCUT2D eigenvalue weighted by Crippen LogP contribution is -2.15. The highest BCUT2D eigenvalue weighted by molar-refractivity contribution is 6.07. The summed E-state index contributed by atoms with van der Waals surface area (Å²) in [6.45, 7) is 3.59. The van der Waals surface area contributed by atoms with E-state index in [0.29, 0.717) is 5.71 Å². The molecule has 0 fully saturated rings. The Kier molecular flexibility index (Phi) is 4.03. The zero-order valence-electron chi connectivity index (χ0n) is 8.99. The van der Waals surface area contributed by atoms with Gasteiger partial charge in [-0.05, 0) is 19.4 Å². The predicted octanol–water partition coefficient (Wildman–Crippen LogP) is 2.40. The van der Waals surface area contributed by atoms with Crippen LogP contribution in [0.3, 0.4) is 0 Å². The second kappa shape index (κ2) is 5.29. The van der Waals surface area contributed by atoms with E-state index in [1.807, 2.05) is 30.3 Å². The minimum atomic E-state index is -0.348. The van der Waals surface area contributed by atoms with Crippen LogP contribution >= 0.6 is 0 Å². The molecule has 3 heteroatoms. The molecule has 0 saturated carbocycles. The van der Waals surface area contributed by atoms with Crippen LogP contribution in [-0.4, -0.2) is 17.8 Å². The van der Waals surface area contributed by atoms with E-state index in [1.54, 1.807) is 13.8 Å². The molecular weight excluding hydrogens is 190 g/mol. The number of esters is 1. The smallest absolute Gasteiger partial charge is 0.312 e. The molecule has 0 unspecified atom stereocenters. The Bertz CT molecular complexity index is 344. The first-order chi connectivity index (χ1) is 7.09. The summed E-state index contributed by atoms with van der Waals surface area (Å²) in [4.78, 5) is 11.3. The van der Waals surface area contributed by atoms with Gasteiger partial charge in [-0.15, -0.1) is 0 Å². The molecular formula is C12H15NO2. The van der Waals surface area contributed by atoms with Crippen LogP contribution in [0.1, 0.15) is 25.8 Å². The fraction of sp³-hybridized carbons (Fsp3) is 0.333. The summed E-state index contributed by atoms with van der Waals surface area (Å²) in [6, 6.07) is 9.19. The topological polar surface area (TPSA) is 50.2 Å². The molecule has 0 heterocycles. The minimum Gasteiger partial charge on any atom is -0.463 e. The van der Waals surface area contributed by atoms with Gasteiger partial charge < -0.3 is 10.1 Å². The summed E-state index contributed by atoms with van der Waals surface area (Å²) in [5.74, 6) is -0.348. The van der Waals surface area contributed by atoms with Crippen LogP contribution in [0.4, 0.5) is 0 Å². The molecule has 1 rings (SSSR count). The third kappa shape index (κ3) is 3.94. The Morgan fingerprint density at radius 2 is 1.93 bits per heavy atom. The average molecular weight is 205 g/mol. The zero-order valence-corrected chi connectivity index (χ0v) is 8.99. The van der Waals surface area contributed by atoms with E-state index >= 15 is 0 Å². The van der Waals surface area contributed by atoms with E-state index in [2.05, 4.69) is 0 Å². The van der Waals surface area contributed by atoms with Gasteiger partial charge in [-0.2, -0.15) is 0 Å². The largest absolute Gasteiger partial charge is 0.463 e. The SMILES string of the molecule is CC(C)OC(=O)CC(=N)c1ccccc1. The minimum absolute atomic E-state index is 0.0300. The summed E-state index contributed by atoms with van der Waals surface area (Å²) in [6.07, 6.45) is -0.0941. The van der Waals surface area contributed by atoms with Crippen molar-refractivity contribution in [2.45, 2.75) is 26.4 Å². The van der Waals surface area contributed by atoms with Crippen molar-refractivity contribution in [3.8, 4) is 0 Å². The molecule has 0 radical (unpaired) electrons. The van der Waals surface area contributed by atoms with Crippen molar-refractivity contribution < 1.29 is 9.53 Å². The predicted molar refractivity (Wildman–Crippen MR) is 59.1 cm³/mol. The van der Waals surface area contributed by atoms with Crippen LogP contribution < -0.4 is 0 Å². The number of rotatable bonds is 4. The summed E-state index contributed by atoms with van der Waals surface area (Å²) in [5.41, 5.74) is 1.06. The van der Waals surface area contributed by atoms with E-state index < -0.39 is 0 Å². The van der Waals surface area contributed by atoms with Crippen LogP contribution in [0, 0.1) is 5.41 Å². The van der Waals surface area contributed by atoms with Crippen molar-refractivity contribution in [1.82, 2.24) is 0 Å². The molecule has 0 aliphatic rings. The molecule has 0 aliphatic heterocycles. The Hall–Kier alpha value is -1.64. The van der Waals surface area contributed by atoms with E-state index in [4.69, 9.17) is 10.1 Å². The summed E-state index contributed by atoms with van der Waals surface area (Å²) < 4.78 is 4.96. The van der Waals surface area contributed by atoms with Gasteiger partial charge in [-0.1, -0.05) is 30.3 Å². The molecule has 15 heavy (non-hydrogen) atoms. The third-order valence-electron chi connectivity index (χ3n) is 1.81. The molecule has 1 aromatic rings. The number of carbonyl (C=O) groups excluding carboxylic acids is 1. The lowest BCUT2D eigenvalue weighted by Gasteiger charge is -2.08. The first-order valence-electron chi connectivity index (χ1n) is 4.92. The Morgan fingerprint density at radius 3 is 2.47 bits per heavy atom. The molecule has 3 nitrogen and oxygen atoms in total. The number of hydrogen-bond acceptors (Lipinski definition) is 3. The van der Waals surface area contributed by atoms with Crippen LogP contribution in [-0.2, 0) is 9.53 Å². The van der Waals surface area contributed by atoms with E-state index in [9.17, 15) is 4.79 Å². The van der Waals surface area contributed by atoms with E-state index in [1.165, 1.54) is 0 Å². The highest BCUT2D eigenvalue weighted by Crippen LogP contribution is 2.04. The van der Waals surface area contributed by atoms with Gasteiger partial charge in [0.15, 0.2) is 0 Å².